The zero-order valence-electron chi connectivity index (χ0n) is 15.2. The Morgan fingerprint density at radius 3 is 2.61 bits per heavy atom. The van der Waals surface area contributed by atoms with Gasteiger partial charge in [-0.1, -0.05) is 13.8 Å². The predicted octanol–water partition coefficient (Wildman–Crippen LogP) is 1.99. The molecular formula is C17H36IN5. The molecule has 0 spiro atoms. The van der Waals surface area contributed by atoms with Crippen molar-refractivity contribution < 1.29 is 0 Å². The highest BCUT2D eigenvalue weighted by Crippen LogP contribution is 2.16. The molecule has 0 aromatic rings. The Bertz CT molecular complexity index is 350. The van der Waals surface area contributed by atoms with E-state index in [0.29, 0.717) is 6.04 Å². The molecule has 2 aliphatic heterocycles. The van der Waals surface area contributed by atoms with Gasteiger partial charge in [0.15, 0.2) is 5.96 Å². The monoisotopic (exact) mass is 437 g/mol. The second kappa shape index (κ2) is 11.5. The van der Waals surface area contributed by atoms with Crippen molar-refractivity contribution in [1.29, 1.82) is 0 Å². The summed E-state index contributed by atoms with van der Waals surface area (Å²) in [6.45, 7) is 12.7. The van der Waals surface area contributed by atoms with E-state index in [1.165, 1.54) is 51.9 Å². The minimum Gasteiger partial charge on any atom is -0.356 e. The van der Waals surface area contributed by atoms with Crippen LogP contribution in [0.15, 0.2) is 4.99 Å². The lowest BCUT2D eigenvalue weighted by Gasteiger charge is -2.24. The number of aliphatic imine (C=N–C) groups is 1. The number of likely N-dealkylation sites (tertiary alicyclic amines) is 2. The number of nitrogens with one attached hydrogen (secondary N) is 2. The fourth-order valence-corrected chi connectivity index (χ4v) is 3.82. The zero-order chi connectivity index (χ0) is 15.8. The molecule has 0 radical (unpaired) electrons. The van der Waals surface area contributed by atoms with E-state index in [1.807, 2.05) is 7.05 Å². The number of nitrogens with zero attached hydrogens (tertiary/aromatic N) is 3. The minimum absolute atomic E-state index is 0. The van der Waals surface area contributed by atoms with Crippen molar-refractivity contribution in [2.24, 2.45) is 10.9 Å². The molecular weight excluding hydrogens is 401 g/mol. The molecule has 2 unspecified atom stereocenters. The van der Waals surface area contributed by atoms with Gasteiger partial charge in [0.1, 0.15) is 0 Å². The second-order valence-corrected chi connectivity index (χ2v) is 6.71. The molecule has 0 bridgehead atoms. The van der Waals surface area contributed by atoms with Gasteiger partial charge >= 0.3 is 0 Å². The van der Waals surface area contributed by atoms with Crippen molar-refractivity contribution in [2.45, 2.75) is 45.6 Å². The molecule has 23 heavy (non-hydrogen) atoms. The normalized spacial score (nSPS) is 26.3. The molecule has 6 heteroatoms. The van der Waals surface area contributed by atoms with Gasteiger partial charge in [0.05, 0.1) is 0 Å². The number of likely N-dealkylation sites (N-methyl/N-ethyl adjacent to an activating group) is 1. The van der Waals surface area contributed by atoms with E-state index >= 15 is 0 Å². The van der Waals surface area contributed by atoms with Crippen LogP contribution >= 0.6 is 24.0 Å². The first-order chi connectivity index (χ1) is 10.8. The maximum Gasteiger partial charge on any atom is 0.191 e. The summed E-state index contributed by atoms with van der Waals surface area (Å²) in [7, 11) is 1.87. The van der Waals surface area contributed by atoms with Gasteiger partial charge < -0.3 is 15.5 Å². The highest BCUT2D eigenvalue weighted by molar-refractivity contribution is 14.0. The Labute approximate surface area is 159 Å². The van der Waals surface area contributed by atoms with Crippen LogP contribution < -0.4 is 10.6 Å². The maximum atomic E-state index is 4.38. The smallest absolute Gasteiger partial charge is 0.191 e. The first-order valence-corrected chi connectivity index (χ1v) is 9.17. The molecule has 0 saturated carbocycles. The van der Waals surface area contributed by atoms with Crippen LogP contribution in [0, 0.1) is 5.92 Å². The molecule has 2 fully saturated rings. The third kappa shape index (κ3) is 6.74. The van der Waals surface area contributed by atoms with Gasteiger partial charge in [0.25, 0.3) is 0 Å². The third-order valence-electron chi connectivity index (χ3n) is 5.10. The quantitative estimate of drug-likeness (QED) is 0.363. The summed E-state index contributed by atoms with van der Waals surface area (Å²) in [4.78, 5) is 9.53. The number of hydrogen-bond donors (Lipinski definition) is 2. The molecule has 0 aliphatic carbocycles. The third-order valence-corrected chi connectivity index (χ3v) is 5.10. The molecule has 2 rings (SSSR count). The summed E-state index contributed by atoms with van der Waals surface area (Å²) >= 11 is 0. The van der Waals surface area contributed by atoms with Crippen LogP contribution in [0.3, 0.4) is 0 Å². The highest BCUT2D eigenvalue weighted by atomic mass is 127. The van der Waals surface area contributed by atoms with Crippen molar-refractivity contribution in [1.82, 2.24) is 20.4 Å². The Kier molecular flexibility index (Phi) is 10.5. The van der Waals surface area contributed by atoms with Gasteiger partial charge in [-0.2, -0.15) is 0 Å². The standard InChI is InChI=1S/C17H35N5.HI/c1-4-9-21-11-8-15(14-21)12-19-17(18-3)20-13-16-7-6-10-22(16)5-2;/h15-16H,4-14H2,1-3H3,(H2,18,19,20);1H. The van der Waals surface area contributed by atoms with E-state index in [9.17, 15) is 0 Å². The van der Waals surface area contributed by atoms with E-state index < -0.39 is 0 Å². The second-order valence-electron chi connectivity index (χ2n) is 6.71. The number of hydrogen-bond acceptors (Lipinski definition) is 3. The maximum absolute atomic E-state index is 4.38. The number of guanidine groups is 1. The largest absolute Gasteiger partial charge is 0.356 e. The molecule has 2 atom stereocenters. The molecule has 2 saturated heterocycles. The predicted molar refractivity (Wildman–Crippen MR) is 110 cm³/mol. The van der Waals surface area contributed by atoms with E-state index in [4.69, 9.17) is 0 Å². The van der Waals surface area contributed by atoms with E-state index in [-0.39, 0.29) is 24.0 Å². The van der Waals surface area contributed by atoms with Gasteiger partial charge in [-0.3, -0.25) is 9.89 Å². The van der Waals surface area contributed by atoms with Crippen LogP contribution in [0.4, 0.5) is 0 Å². The van der Waals surface area contributed by atoms with Crippen molar-refractivity contribution in [2.75, 3.05) is 52.9 Å². The van der Waals surface area contributed by atoms with Gasteiger partial charge in [0, 0.05) is 32.7 Å². The lowest BCUT2D eigenvalue weighted by molar-refractivity contribution is 0.267. The van der Waals surface area contributed by atoms with Crippen molar-refractivity contribution in [3.05, 3.63) is 0 Å². The topological polar surface area (TPSA) is 42.9 Å². The van der Waals surface area contributed by atoms with Gasteiger partial charge in [-0.05, 0) is 57.8 Å². The van der Waals surface area contributed by atoms with Crippen molar-refractivity contribution in [3.8, 4) is 0 Å². The van der Waals surface area contributed by atoms with Crippen molar-refractivity contribution >= 4 is 29.9 Å². The Morgan fingerprint density at radius 2 is 1.91 bits per heavy atom. The molecule has 136 valence electrons. The van der Waals surface area contributed by atoms with Crippen LogP contribution in [-0.4, -0.2) is 74.7 Å². The first-order valence-electron chi connectivity index (χ1n) is 9.17. The zero-order valence-corrected chi connectivity index (χ0v) is 17.5. The minimum atomic E-state index is 0. The lowest BCUT2D eigenvalue weighted by atomic mass is 10.1. The van der Waals surface area contributed by atoms with Crippen LogP contribution in [0.25, 0.3) is 0 Å². The van der Waals surface area contributed by atoms with Crippen LogP contribution in [0.5, 0.6) is 0 Å². The van der Waals surface area contributed by atoms with Crippen LogP contribution in [0.1, 0.15) is 39.5 Å². The molecule has 2 N–H and O–H groups in total. The van der Waals surface area contributed by atoms with Crippen molar-refractivity contribution in [3.63, 3.8) is 0 Å². The molecule has 0 aromatic heterocycles. The molecule has 0 amide bonds. The van der Waals surface area contributed by atoms with Gasteiger partial charge in [0.2, 0.25) is 0 Å². The summed E-state index contributed by atoms with van der Waals surface area (Å²) in [6, 6.07) is 0.676. The molecule has 2 aliphatic rings. The molecule has 0 aromatic carbocycles. The fourth-order valence-electron chi connectivity index (χ4n) is 3.82. The Balaban J connectivity index is 0.00000264. The highest BCUT2D eigenvalue weighted by Gasteiger charge is 2.24. The van der Waals surface area contributed by atoms with Gasteiger partial charge in [-0.15, -0.1) is 24.0 Å². The van der Waals surface area contributed by atoms with E-state index in [2.05, 4.69) is 39.3 Å². The average Bonchev–Trinajstić information content (AvgIpc) is 3.16. The SMILES string of the molecule is CCCN1CCC(CNC(=NC)NCC2CCCN2CC)C1.I. The fraction of sp³-hybridized carbons (Fsp3) is 0.941. The Hall–Kier alpha value is -0.0800. The Morgan fingerprint density at radius 1 is 1.13 bits per heavy atom. The first kappa shape index (κ1) is 21.0. The lowest BCUT2D eigenvalue weighted by Crippen LogP contribution is -2.46. The number of rotatable bonds is 7. The summed E-state index contributed by atoms with van der Waals surface area (Å²) < 4.78 is 0. The molecule has 5 nitrogen and oxygen atoms in total. The average molecular weight is 437 g/mol. The summed E-state index contributed by atoms with van der Waals surface area (Å²) in [5, 5.41) is 7.04. The summed E-state index contributed by atoms with van der Waals surface area (Å²) in [5.41, 5.74) is 0. The van der Waals surface area contributed by atoms with Crippen LogP contribution in [-0.2, 0) is 0 Å². The summed E-state index contributed by atoms with van der Waals surface area (Å²) in [5.74, 6) is 1.74. The van der Waals surface area contributed by atoms with E-state index in [1.54, 1.807) is 0 Å². The summed E-state index contributed by atoms with van der Waals surface area (Å²) in [6.07, 6.45) is 5.23. The van der Waals surface area contributed by atoms with Gasteiger partial charge in [-0.25, -0.2) is 0 Å². The van der Waals surface area contributed by atoms with E-state index in [0.717, 1.165) is 31.5 Å². The molecule has 2 heterocycles. The number of halogens is 1. The van der Waals surface area contributed by atoms with Crippen LogP contribution in [0.2, 0.25) is 0 Å².